The molecule has 2 heterocycles. The number of rotatable bonds is 4. The van der Waals surface area contributed by atoms with Gasteiger partial charge in [0.05, 0.1) is 19.0 Å². The number of nitrogens with zero attached hydrogens (tertiary/aromatic N) is 2. The summed E-state index contributed by atoms with van der Waals surface area (Å²) in [6, 6.07) is 8.64. The van der Waals surface area contributed by atoms with Gasteiger partial charge < -0.3 is 10.1 Å². The zero-order chi connectivity index (χ0) is 14.7. The van der Waals surface area contributed by atoms with Crippen LogP contribution in [0.4, 0.5) is 0 Å². The fourth-order valence-corrected chi connectivity index (χ4v) is 2.84. The predicted octanol–water partition coefficient (Wildman–Crippen LogP) is 1.88. The molecule has 2 aromatic rings. The average Bonchev–Trinajstić information content (AvgIpc) is 2.95. The Morgan fingerprint density at radius 2 is 2.14 bits per heavy atom. The molecule has 0 spiro atoms. The van der Waals surface area contributed by atoms with Crippen LogP contribution in [0.15, 0.2) is 30.5 Å². The number of ether oxygens (including phenoxy) is 1. The molecule has 0 amide bonds. The normalized spacial score (nSPS) is 19.6. The van der Waals surface area contributed by atoms with E-state index in [1.807, 2.05) is 18.3 Å². The molecule has 0 saturated carbocycles. The van der Waals surface area contributed by atoms with Gasteiger partial charge in [-0.1, -0.05) is 0 Å². The number of hydrogen-bond acceptors (Lipinski definition) is 4. The van der Waals surface area contributed by atoms with Crippen molar-refractivity contribution in [2.45, 2.75) is 19.5 Å². The Morgan fingerprint density at radius 3 is 2.86 bits per heavy atom. The Kier molecular flexibility index (Phi) is 4.22. The molecule has 0 aliphatic carbocycles. The van der Waals surface area contributed by atoms with Crippen molar-refractivity contribution in [2.24, 2.45) is 0 Å². The highest BCUT2D eigenvalue weighted by molar-refractivity contribution is 5.63. The van der Waals surface area contributed by atoms with Gasteiger partial charge in [-0.3, -0.25) is 10.00 Å². The van der Waals surface area contributed by atoms with Gasteiger partial charge in [-0.25, -0.2) is 0 Å². The second-order valence-corrected chi connectivity index (χ2v) is 5.59. The number of piperazine rings is 1. The Balaban J connectivity index is 1.76. The maximum atomic E-state index is 5.21. The quantitative estimate of drug-likeness (QED) is 0.901. The third-order valence-corrected chi connectivity index (χ3v) is 3.94. The second kappa shape index (κ2) is 6.28. The fourth-order valence-electron chi connectivity index (χ4n) is 2.84. The summed E-state index contributed by atoms with van der Waals surface area (Å²) in [7, 11) is 1.68. The maximum Gasteiger partial charge on any atom is 0.118 e. The Bertz CT molecular complexity index is 578. The summed E-state index contributed by atoms with van der Waals surface area (Å²) in [6.07, 6.45) is 1.94. The van der Waals surface area contributed by atoms with Gasteiger partial charge in [-0.2, -0.15) is 5.10 Å². The van der Waals surface area contributed by atoms with Gasteiger partial charge in [0.1, 0.15) is 5.75 Å². The van der Waals surface area contributed by atoms with E-state index in [-0.39, 0.29) is 0 Å². The molecule has 1 saturated heterocycles. The van der Waals surface area contributed by atoms with Gasteiger partial charge in [0.15, 0.2) is 0 Å². The van der Waals surface area contributed by atoms with Crippen LogP contribution in [0.1, 0.15) is 12.5 Å². The van der Waals surface area contributed by atoms with E-state index in [1.165, 1.54) is 5.56 Å². The van der Waals surface area contributed by atoms with E-state index in [9.17, 15) is 0 Å². The molecule has 5 nitrogen and oxygen atoms in total. The van der Waals surface area contributed by atoms with Gasteiger partial charge in [0.25, 0.3) is 0 Å². The lowest BCUT2D eigenvalue weighted by Crippen LogP contribution is -2.48. The second-order valence-electron chi connectivity index (χ2n) is 5.59. The average molecular weight is 286 g/mol. The van der Waals surface area contributed by atoms with Crippen LogP contribution >= 0.6 is 0 Å². The molecule has 1 atom stereocenters. The molecule has 1 fully saturated rings. The molecule has 112 valence electrons. The third-order valence-electron chi connectivity index (χ3n) is 3.94. The minimum absolute atomic E-state index is 0.551. The van der Waals surface area contributed by atoms with E-state index in [0.717, 1.165) is 43.2 Å². The fraction of sp³-hybridized carbons (Fsp3) is 0.438. The summed E-state index contributed by atoms with van der Waals surface area (Å²) in [6.45, 7) is 6.37. The predicted molar refractivity (Wildman–Crippen MR) is 83.3 cm³/mol. The smallest absolute Gasteiger partial charge is 0.118 e. The van der Waals surface area contributed by atoms with Gasteiger partial charge in [0.2, 0.25) is 0 Å². The molecule has 21 heavy (non-hydrogen) atoms. The summed E-state index contributed by atoms with van der Waals surface area (Å²) in [5.41, 5.74) is 3.49. The molecule has 3 rings (SSSR count). The van der Waals surface area contributed by atoms with Crippen LogP contribution in [0.3, 0.4) is 0 Å². The lowest BCUT2D eigenvalue weighted by atomic mass is 10.1. The highest BCUT2D eigenvalue weighted by Gasteiger charge is 2.18. The van der Waals surface area contributed by atoms with Crippen LogP contribution in [0.2, 0.25) is 0 Å². The van der Waals surface area contributed by atoms with Crippen molar-refractivity contribution in [3.8, 4) is 17.0 Å². The minimum atomic E-state index is 0.551. The maximum absolute atomic E-state index is 5.21. The summed E-state index contributed by atoms with van der Waals surface area (Å²) >= 11 is 0. The SMILES string of the molecule is COc1ccc(-c2[nH]ncc2CN2CCNC(C)C2)cc1. The lowest BCUT2D eigenvalue weighted by Gasteiger charge is -2.31. The summed E-state index contributed by atoms with van der Waals surface area (Å²) in [5.74, 6) is 0.871. The Labute approximate surface area is 125 Å². The molecule has 1 unspecified atom stereocenters. The first-order chi connectivity index (χ1) is 10.3. The number of H-pyrrole nitrogens is 1. The van der Waals surface area contributed by atoms with Gasteiger partial charge in [-0.15, -0.1) is 0 Å². The Hall–Kier alpha value is -1.85. The van der Waals surface area contributed by atoms with Gasteiger partial charge in [-0.05, 0) is 31.2 Å². The first kappa shape index (κ1) is 14.1. The zero-order valence-corrected chi connectivity index (χ0v) is 12.6. The third kappa shape index (κ3) is 3.25. The zero-order valence-electron chi connectivity index (χ0n) is 12.6. The molecule has 1 aliphatic heterocycles. The molecule has 1 aromatic heterocycles. The standard InChI is InChI=1S/C16H22N4O/c1-12-10-20(8-7-17-12)11-14-9-18-19-16(14)13-3-5-15(21-2)6-4-13/h3-6,9,12,17H,7-8,10-11H2,1-2H3,(H,18,19). The van der Waals surface area contributed by atoms with E-state index in [0.29, 0.717) is 6.04 Å². The molecule has 0 radical (unpaired) electrons. The first-order valence-corrected chi connectivity index (χ1v) is 7.38. The van der Waals surface area contributed by atoms with E-state index in [1.54, 1.807) is 7.11 Å². The van der Waals surface area contributed by atoms with Crippen molar-refractivity contribution in [3.63, 3.8) is 0 Å². The monoisotopic (exact) mass is 286 g/mol. The van der Waals surface area contributed by atoms with Crippen molar-refractivity contribution >= 4 is 0 Å². The van der Waals surface area contributed by atoms with Crippen molar-refractivity contribution < 1.29 is 4.74 Å². The number of benzene rings is 1. The van der Waals surface area contributed by atoms with E-state index < -0.39 is 0 Å². The summed E-state index contributed by atoms with van der Waals surface area (Å²) in [4.78, 5) is 2.47. The first-order valence-electron chi connectivity index (χ1n) is 7.38. The minimum Gasteiger partial charge on any atom is -0.497 e. The van der Waals surface area contributed by atoms with E-state index in [2.05, 4.69) is 39.5 Å². The number of nitrogens with one attached hydrogen (secondary N) is 2. The van der Waals surface area contributed by atoms with Crippen LogP contribution < -0.4 is 10.1 Å². The molecule has 1 aromatic carbocycles. The highest BCUT2D eigenvalue weighted by Crippen LogP contribution is 2.24. The molecular weight excluding hydrogens is 264 g/mol. The molecule has 5 heteroatoms. The molecule has 0 bridgehead atoms. The van der Waals surface area contributed by atoms with Crippen molar-refractivity contribution in [1.29, 1.82) is 0 Å². The number of aromatic amines is 1. The number of methoxy groups -OCH3 is 1. The van der Waals surface area contributed by atoms with E-state index >= 15 is 0 Å². The van der Waals surface area contributed by atoms with Crippen molar-refractivity contribution in [2.75, 3.05) is 26.7 Å². The van der Waals surface area contributed by atoms with Gasteiger partial charge in [0, 0.05) is 43.3 Å². The largest absolute Gasteiger partial charge is 0.497 e. The van der Waals surface area contributed by atoms with Crippen LogP contribution in [-0.4, -0.2) is 47.9 Å². The topological polar surface area (TPSA) is 53.2 Å². The van der Waals surface area contributed by atoms with Crippen LogP contribution in [0.5, 0.6) is 5.75 Å². The van der Waals surface area contributed by atoms with E-state index in [4.69, 9.17) is 4.74 Å². The summed E-state index contributed by atoms with van der Waals surface area (Å²) in [5, 5.41) is 10.8. The highest BCUT2D eigenvalue weighted by atomic mass is 16.5. The van der Waals surface area contributed by atoms with Crippen LogP contribution in [-0.2, 0) is 6.54 Å². The van der Waals surface area contributed by atoms with Crippen molar-refractivity contribution in [3.05, 3.63) is 36.0 Å². The summed E-state index contributed by atoms with van der Waals surface area (Å²) < 4.78 is 5.21. The van der Waals surface area contributed by atoms with Crippen molar-refractivity contribution in [1.82, 2.24) is 20.4 Å². The van der Waals surface area contributed by atoms with Crippen LogP contribution in [0.25, 0.3) is 11.3 Å². The molecule has 2 N–H and O–H groups in total. The Morgan fingerprint density at radius 1 is 1.33 bits per heavy atom. The lowest BCUT2D eigenvalue weighted by molar-refractivity contribution is 0.200. The molecular formula is C16H22N4O. The number of aromatic nitrogens is 2. The molecule has 1 aliphatic rings. The van der Waals surface area contributed by atoms with Gasteiger partial charge >= 0.3 is 0 Å². The number of hydrogen-bond donors (Lipinski definition) is 2. The van der Waals surface area contributed by atoms with Crippen LogP contribution in [0, 0.1) is 0 Å².